The minimum absolute atomic E-state index is 0.0868. The molecule has 1 heterocycles. The summed E-state index contributed by atoms with van der Waals surface area (Å²) in [5, 5.41) is 0.208. The molecule has 0 aromatic heterocycles. The van der Waals surface area contributed by atoms with Crippen molar-refractivity contribution in [2.75, 3.05) is 0 Å². The van der Waals surface area contributed by atoms with Gasteiger partial charge in [0.25, 0.3) is 0 Å². The molecule has 0 N–H and O–H groups in total. The maximum absolute atomic E-state index is 7.20. The minimum atomic E-state index is -1.86. The first-order chi connectivity index (χ1) is 13.9. The van der Waals surface area contributed by atoms with Gasteiger partial charge in [-0.25, -0.2) is 0 Å². The zero-order valence-electron chi connectivity index (χ0n) is 20.3. The molecule has 4 aliphatic carbocycles. The number of rotatable bonds is 2. The molecule has 4 saturated carbocycles. The highest BCUT2D eigenvalue weighted by Crippen LogP contribution is 2.62. The van der Waals surface area contributed by atoms with Gasteiger partial charge in [0.2, 0.25) is 8.32 Å². The monoisotopic (exact) mass is 426 g/mol. The molecule has 4 fully saturated rings. The lowest BCUT2D eigenvalue weighted by atomic mass is 9.65. The molecule has 3 heteroatoms. The first kappa shape index (κ1) is 21.1. The van der Waals surface area contributed by atoms with Crippen LogP contribution >= 0.6 is 0 Å². The van der Waals surface area contributed by atoms with Crippen LogP contribution in [0.25, 0.3) is 0 Å². The molecule has 1 aliphatic heterocycles. The summed E-state index contributed by atoms with van der Waals surface area (Å²) >= 11 is 0. The van der Waals surface area contributed by atoms with Gasteiger partial charge in [-0.05, 0) is 117 Å². The summed E-state index contributed by atoms with van der Waals surface area (Å²) in [6.07, 6.45) is 9.33. The van der Waals surface area contributed by atoms with E-state index in [2.05, 4.69) is 65.9 Å². The van der Waals surface area contributed by atoms with E-state index in [1.807, 2.05) is 0 Å². The largest absolute Gasteiger partial charge is 0.543 e. The maximum Gasteiger partial charge on any atom is 0.250 e. The lowest BCUT2D eigenvalue weighted by Gasteiger charge is -2.51. The zero-order chi connectivity index (χ0) is 21.5. The Balaban J connectivity index is 1.59. The van der Waals surface area contributed by atoms with Crippen LogP contribution in [0, 0.1) is 23.7 Å². The lowest BCUT2D eigenvalue weighted by molar-refractivity contribution is -0.194. The molecule has 6 rings (SSSR count). The van der Waals surface area contributed by atoms with Crippen molar-refractivity contribution in [2.45, 2.75) is 109 Å². The lowest BCUT2D eigenvalue weighted by Crippen LogP contribution is -2.50. The smallest absolute Gasteiger partial charge is 0.250 e. The fourth-order valence-electron chi connectivity index (χ4n) is 7.24. The fraction of sp³-hybridized carbons (Fsp3) is 0.778. The highest BCUT2D eigenvalue weighted by molar-refractivity contribution is 6.74. The quantitative estimate of drug-likeness (QED) is 0.457. The van der Waals surface area contributed by atoms with Gasteiger partial charge >= 0.3 is 0 Å². The summed E-state index contributed by atoms with van der Waals surface area (Å²) in [7, 11) is -1.86. The van der Waals surface area contributed by atoms with Crippen molar-refractivity contribution in [1.29, 1.82) is 0 Å². The summed E-state index contributed by atoms with van der Waals surface area (Å²) in [5.74, 6) is 4.47. The van der Waals surface area contributed by atoms with E-state index in [1.54, 1.807) is 0 Å². The van der Waals surface area contributed by atoms with Crippen LogP contribution in [0.4, 0.5) is 0 Å². The SMILES string of the molecule is CC1(C)Cc2ccc(O[Si](C)(C)C(C)(C)C)cc2C2(CC3CC4CC(C3)CC2C4)O1. The van der Waals surface area contributed by atoms with Gasteiger partial charge < -0.3 is 9.16 Å². The Morgan fingerprint density at radius 3 is 2.23 bits per heavy atom. The van der Waals surface area contributed by atoms with E-state index in [-0.39, 0.29) is 16.2 Å². The van der Waals surface area contributed by atoms with Gasteiger partial charge in [-0.15, -0.1) is 0 Å². The van der Waals surface area contributed by atoms with Crippen molar-refractivity contribution >= 4 is 8.32 Å². The molecule has 3 atom stereocenters. The van der Waals surface area contributed by atoms with Crippen molar-refractivity contribution in [3.05, 3.63) is 29.3 Å². The molecule has 5 aliphatic rings. The second kappa shape index (κ2) is 6.60. The Morgan fingerprint density at radius 1 is 0.967 bits per heavy atom. The van der Waals surface area contributed by atoms with Gasteiger partial charge in [-0.2, -0.15) is 0 Å². The number of benzene rings is 1. The first-order valence-corrected chi connectivity index (χ1v) is 15.3. The standard InChI is InChI=1S/C27H42O2Si/c1-25(2,3)30(6,7)28-23-9-8-21-17-26(4,5)29-27(24(21)15-23)16-20-11-18-10-19(12-20)14-22(27)13-18/h8-9,15,18-20,22H,10-14,16-17H2,1-7H3. The van der Waals surface area contributed by atoms with Crippen LogP contribution in [-0.2, 0) is 16.8 Å². The Kier molecular flexibility index (Phi) is 4.64. The van der Waals surface area contributed by atoms with Gasteiger partial charge in [-0.3, -0.25) is 0 Å². The van der Waals surface area contributed by atoms with Crippen molar-refractivity contribution in [3.63, 3.8) is 0 Å². The van der Waals surface area contributed by atoms with Crippen LogP contribution in [0.3, 0.4) is 0 Å². The normalized spacial score (nSPS) is 37.2. The maximum atomic E-state index is 7.20. The number of fused-ring (bicyclic) bond motifs is 1. The molecule has 3 unspecified atom stereocenters. The average molecular weight is 427 g/mol. The molecule has 0 saturated heterocycles. The van der Waals surface area contributed by atoms with E-state index < -0.39 is 8.32 Å². The summed E-state index contributed by atoms with van der Waals surface area (Å²) in [5.41, 5.74) is 2.81. The summed E-state index contributed by atoms with van der Waals surface area (Å²) in [6, 6.07) is 7.03. The van der Waals surface area contributed by atoms with Crippen LogP contribution in [0.5, 0.6) is 5.75 Å². The second-order valence-electron chi connectivity index (χ2n) is 13.3. The van der Waals surface area contributed by atoms with Crippen LogP contribution in [0.15, 0.2) is 18.2 Å². The van der Waals surface area contributed by atoms with Gasteiger partial charge in [0, 0.05) is 6.42 Å². The summed E-state index contributed by atoms with van der Waals surface area (Å²) in [6.45, 7) is 16.3. The van der Waals surface area contributed by atoms with E-state index in [4.69, 9.17) is 9.16 Å². The van der Waals surface area contributed by atoms with E-state index in [0.29, 0.717) is 5.92 Å². The van der Waals surface area contributed by atoms with Crippen molar-refractivity contribution < 1.29 is 9.16 Å². The Bertz CT molecular complexity index is 822. The zero-order valence-corrected chi connectivity index (χ0v) is 21.3. The first-order valence-electron chi connectivity index (χ1n) is 12.4. The molecular formula is C27H42O2Si. The van der Waals surface area contributed by atoms with E-state index in [1.165, 1.54) is 49.7 Å². The van der Waals surface area contributed by atoms with E-state index >= 15 is 0 Å². The van der Waals surface area contributed by atoms with Crippen LogP contribution in [-0.4, -0.2) is 13.9 Å². The van der Waals surface area contributed by atoms with E-state index in [0.717, 1.165) is 29.9 Å². The predicted octanol–water partition coefficient (Wildman–Crippen LogP) is 7.46. The Labute approximate surface area is 185 Å². The second-order valence-corrected chi connectivity index (χ2v) is 18.0. The molecule has 30 heavy (non-hydrogen) atoms. The molecule has 2 nitrogen and oxygen atoms in total. The topological polar surface area (TPSA) is 18.5 Å². The highest BCUT2D eigenvalue weighted by Gasteiger charge is 2.57. The molecule has 1 aromatic rings. The molecule has 0 amide bonds. The summed E-state index contributed by atoms with van der Waals surface area (Å²) in [4.78, 5) is 0. The summed E-state index contributed by atoms with van der Waals surface area (Å²) < 4.78 is 14.0. The highest BCUT2D eigenvalue weighted by atomic mass is 28.4. The number of hydrogen-bond donors (Lipinski definition) is 0. The minimum Gasteiger partial charge on any atom is -0.543 e. The van der Waals surface area contributed by atoms with Crippen LogP contribution in [0.1, 0.15) is 84.3 Å². The van der Waals surface area contributed by atoms with Crippen molar-refractivity contribution in [1.82, 2.24) is 0 Å². The van der Waals surface area contributed by atoms with Crippen LogP contribution < -0.4 is 4.43 Å². The fourth-order valence-corrected chi connectivity index (χ4v) is 8.27. The molecule has 166 valence electrons. The van der Waals surface area contributed by atoms with Gasteiger partial charge in [-0.1, -0.05) is 26.8 Å². The Morgan fingerprint density at radius 2 is 1.60 bits per heavy atom. The van der Waals surface area contributed by atoms with Gasteiger partial charge in [0.05, 0.1) is 11.2 Å². The van der Waals surface area contributed by atoms with Crippen LogP contribution in [0.2, 0.25) is 18.1 Å². The molecular weight excluding hydrogens is 384 g/mol. The Hall–Kier alpha value is -0.803. The van der Waals surface area contributed by atoms with Gasteiger partial charge in [0.15, 0.2) is 0 Å². The third-order valence-electron chi connectivity index (χ3n) is 9.28. The third-order valence-corrected chi connectivity index (χ3v) is 13.6. The predicted molar refractivity (Wildman–Crippen MR) is 126 cm³/mol. The van der Waals surface area contributed by atoms with Crippen molar-refractivity contribution in [3.8, 4) is 5.75 Å². The molecule has 1 aromatic carbocycles. The van der Waals surface area contributed by atoms with Gasteiger partial charge in [0.1, 0.15) is 5.75 Å². The average Bonchev–Trinajstić information content (AvgIpc) is 2.74. The molecule has 4 bridgehead atoms. The van der Waals surface area contributed by atoms with E-state index in [9.17, 15) is 0 Å². The third kappa shape index (κ3) is 3.39. The molecule has 1 spiro atoms. The number of ether oxygens (including phenoxy) is 1. The number of hydrogen-bond acceptors (Lipinski definition) is 2. The van der Waals surface area contributed by atoms with Crippen molar-refractivity contribution in [2.24, 2.45) is 23.7 Å². The molecule has 0 radical (unpaired) electrons.